The predicted octanol–water partition coefficient (Wildman–Crippen LogP) is 6.41. The lowest BCUT2D eigenvalue weighted by atomic mass is 9.89. The molecule has 0 saturated heterocycles. The minimum Gasteiger partial charge on any atom is -0.491 e. The van der Waals surface area contributed by atoms with Crippen LogP contribution < -0.4 is 10.1 Å². The highest BCUT2D eigenvalue weighted by Crippen LogP contribution is 2.41. The zero-order valence-corrected chi connectivity index (χ0v) is 25.7. The zero-order chi connectivity index (χ0) is 26.4. The first-order valence-corrected chi connectivity index (χ1v) is 17.6. The van der Waals surface area contributed by atoms with E-state index in [1.807, 2.05) is 13.8 Å². The van der Waals surface area contributed by atoms with Crippen molar-refractivity contribution in [1.82, 2.24) is 5.32 Å². The fourth-order valence-electron chi connectivity index (χ4n) is 3.98. The van der Waals surface area contributed by atoms with E-state index in [1.54, 1.807) is 15.9 Å². The van der Waals surface area contributed by atoms with Crippen molar-refractivity contribution in [2.45, 2.75) is 67.4 Å². The summed E-state index contributed by atoms with van der Waals surface area (Å²) < 4.78 is 28.3. The second-order valence-corrected chi connectivity index (χ2v) is 12.2. The molecule has 0 bridgehead atoms. The molecule has 2 rings (SSSR count). The van der Waals surface area contributed by atoms with Crippen LogP contribution in [0.15, 0.2) is 11.6 Å². The van der Waals surface area contributed by atoms with Crippen molar-refractivity contribution in [2.75, 3.05) is 38.2 Å². The molecule has 0 aliphatic carbocycles. The molecular weight excluding hydrogens is 600 g/mol. The highest BCUT2D eigenvalue weighted by Gasteiger charge is 2.32. The summed E-state index contributed by atoms with van der Waals surface area (Å²) in [6, 6.07) is 0. The Labute approximate surface area is 227 Å². The molecule has 1 aromatic rings. The van der Waals surface area contributed by atoms with Gasteiger partial charge in [0.1, 0.15) is 17.9 Å². The summed E-state index contributed by atoms with van der Waals surface area (Å²) in [5.41, 5.74) is 6.09. The number of carbonyl (C=O) groups excluding carboxylic acids is 1. The van der Waals surface area contributed by atoms with Gasteiger partial charge < -0.3 is 24.2 Å². The minimum absolute atomic E-state index is 0.0801. The summed E-state index contributed by atoms with van der Waals surface area (Å²) in [5.74, 6) is 1.19. The number of hydrogen-bond acceptors (Lipinski definition) is 7. The lowest BCUT2D eigenvalue weighted by molar-refractivity contribution is 0.0532. The smallest absolute Gasteiger partial charge is 0.342 e. The molecule has 1 atom stereocenters. The van der Waals surface area contributed by atoms with E-state index in [9.17, 15) is 14.3 Å². The van der Waals surface area contributed by atoms with E-state index in [0.29, 0.717) is 44.0 Å². The maximum absolute atomic E-state index is 12.5. The molecule has 0 radical (unpaired) electrons. The van der Waals surface area contributed by atoms with E-state index in [-0.39, 0.29) is 18.7 Å². The maximum atomic E-state index is 12.5. The molecule has 2 N–H and O–H groups in total. The molecule has 7 nitrogen and oxygen atoms in total. The molecule has 0 amide bonds. The first kappa shape index (κ1) is 32.4. The third kappa shape index (κ3) is 9.67. The monoisotopic (exact) mass is 641 g/mol. The Hall–Kier alpha value is -0.580. The molecule has 1 aliphatic heterocycles. The van der Waals surface area contributed by atoms with Crippen LogP contribution in [-0.4, -0.2) is 49.1 Å². The number of halogens is 1. The number of esters is 1. The molecule has 0 aromatic heterocycles. The number of cyclic esters (lactones) is 1. The highest BCUT2D eigenvalue weighted by atomic mass is 127. The van der Waals surface area contributed by atoms with Gasteiger partial charge in [-0.05, 0) is 65.4 Å². The Balaban J connectivity index is 0.00000298. The summed E-state index contributed by atoms with van der Waals surface area (Å²) in [5, 5.41) is 3.24. The molecule has 0 spiro atoms. The topological polar surface area (TPSA) is 94.1 Å². The van der Waals surface area contributed by atoms with Gasteiger partial charge in [-0.2, -0.15) is 0 Å². The van der Waals surface area contributed by atoms with Crippen LogP contribution in [0.1, 0.15) is 73.7 Å². The fraction of sp³-hybridized carbons (Fsp3) is 0.640. The van der Waals surface area contributed by atoms with Gasteiger partial charge in [-0.3, -0.25) is 4.57 Å². The van der Waals surface area contributed by atoms with Crippen LogP contribution in [0.5, 0.6) is 5.75 Å². The molecule has 1 aliphatic rings. The molecule has 0 fully saturated rings. The third-order valence-corrected chi connectivity index (χ3v) is 8.78. The number of hydrogen-bond donors (Lipinski definition) is 2. The lowest BCUT2D eigenvalue weighted by Gasteiger charge is -2.20. The van der Waals surface area contributed by atoms with Gasteiger partial charge in [0.25, 0.3) is 0 Å². The largest absolute Gasteiger partial charge is 0.491 e. The van der Waals surface area contributed by atoms with Crippen molar-refractivity contribution in [1.29, 1.82) is 0 Å². The van der Waals surface area contributed by atoms with Crippen molar-refractivity contribution < 1.29 is 28.3 Å². The van der Waals surface area contributed by atoms with Crippen LogP contribution in [0.2, 0.25) is 0 Å². The van der Waals surface area contributed by atoms with Crippen molar-refractivity contribution in [3.63, 3.8) is 0 Å². The SMILES string of the molecule is CC.CCOP(=O)(O)CCNC/C(=C/Cc1c(CC)c(C)c2c(c1OCCSI)C(=O)OC2)CC. The molecule has 0 saturated carbocycles. The first-order chi connectivity index (χ1) is 16.8. The van der Waals surface area contributed by atoms with Gasteiger partial charge in [0.05, 0.1) is 19.4 Å². The predicted molar refractivity (Wildman–Crippen MR) is 154 cm³/mol. The van der Waals surface area contributed by atoms with E-state index in [1.165, 1.54) is 11.1 Å². The van der Waals surface area contributed by atoms with Crippen LogP contribution in [0, 0.1) is 6.92 Å². The van der Waals surface area contributed by atoms with Crippen molar-refractivity contribution in [3.05, 3.63) is 39.5 Å². The van der Waals surface area contributed by atoms with Crippen LogP contribution in [0.4, 0.5) is 0 Å². The van der Waals surface area contributed by atoms with E-state index in [2.05, 4.69) is 53.4 Å². The normalized spacial score (nSPS) is 14.6. The van der Waals surface area contributed by atoms with E-state index in [4.69, 9.17) is 14.0 Å². The van der Waals surface area contributed by atoms with Gasteiger partial charge in [0.15, 0.2) is 0 Å². The standard InChI is InChI=1S/C23H35INO6PS.C2H6/c1-5-17(14-25-10-12-32(27,28)31-7-3)8-9-19-18(6-2)16(4)20-15-30-23(26)21(20)22(19)29-11-13-33-24;1-2/h8,25H,5-7,9-15H2,1-4H3,(H,27,28);1-2H3/b17-8+;. The molecule has 1 heterocycles. The van der Waals surface area contributed by atoms with Crippen LogP contribution in [0.3, 0.4) is 0 Å². The third-order valence-electron chi connectivity index (χ3n) is 5.69. The average molecular weight is 642 g/mol. The van der Waals surface area contributed by atoms with Gasteiger partial charge in [-0.1, -0.05) is 48.3 Å². The van der Waals surface area contributed by atoms with Crippen molar-refractivity contribution >= 4 is 43.7 Å². The fourth-order valence-corrected chi connectivity index (χ4v) is 5.64. The van der Waals surface area contributed by atoms with Crippen molar-refractivity contribution in [2.24, 2.45) is 0 Å². The van der Waals surface area contributed by atoms with E-state index in [0.717, 1.165) is 35.3 Å². The van der Waals surface area contributed by atoms with E-state index >= 15 is 0 Å². The van der Waals surface area contributed by atoms with Gasteiger partial charge in [0, 0.05) is 30.0 Å². The van der Waals surface area contributed by atoms with Crippen LogP contribution >= 0.6 is 37.7 Å². The highest BCUT2D eigenvalue weighted by molar-refractivity contribution is 14.2. The number of benzene rings is 1. The summed E-state index contributed by atoms with van der Waals surface area (Å²) in [7, 11) is -1.85. The summed E-state index contributed by atoms with van der Waals surface area (Å²) in [4.78, 5) is 22.2. The molecular formula is C25H41INO6PS. The Morgan fingerprint density at radius 1 is 1.29 bits per heavy atom. The Morgan fingerprint density at radius 3 is 2.60 bits per heavy atom. The average Bonchev–Trinajstić information content (AvgIpc) is 3.23. The second-order valence-electron chi connectivity index (χ2n) is 7.73. The summed E-state index contributed by atoms with van der Waals surface area (Å²) in [6.45, 7) is 14.1. The summed E-state index contributed by atoms with van der Waals surface area (Å²) in [6.07, 6.45) is 4.60. The van der Waals surface area contributed by atoms with E-state index < -0.39 is 7.60 Å². The maximum Gasteiger partial charge on any atom is 0.342 e. The Bertz CT molecular complexity index is 909. The zero-order valence-electron chi connectivity index (χ0n) is 21.9. The molecule has 10 heteroatoms. The van der Waals surface area contributed by atoms with Crippen LogP contribution in [0.25, 0.3) is 0 Å². The quantitative estimate of drug-likeness (QED) is 0.0747. The van der Waals surface area contributed by atoms with Crippen LogP contribution in [-0.2, 0) is 33.3 Å². The summed E-state index contributed by atoms with van der Waals surface area (Å²) >= 11 is 2.24. The number of nitrogens with one attached hydrogen (secondary N) is 1. The second kappa shape index (κ2) is 17.0. The minimum atomic E-state index is -3.52. The number of fused-ring (bicyclic) bond motifs is 1. The molecule has 35 heavy (non-hydrogen) atoms. The van der Waals surface area contributed by atoms with Gasteiger partial charge >= 0.3 is 13.6 Å². The number of allylic oxidation sites excluding steroid dienone is 1. The first-order valence-electron chi connectivity index (χ1n) is 12.3. The van der Waals surface area contributed by atoms with Gasteiger partial charge in [-0.25, -0.2) is 4.79 Å². The van der Waals surface area contributed by atoms with Gasteiger partial charge in [-0.15, -0.1) is 0 Å². The molecule has 200 valence electrons. The van der Waals surface area contributed by atoms with Crippen molar-refractivity contribution in [3.8, 4) is 5.75 Å². The number of carbonyl (C=O) groups is 1. The Morgan fingerprint density at radius 2 is 2.00 bits per heavy atom. The molecule has 1 aromatic carbocycles. The number of rotatable bonds is 15. The van der Waals surface area contributed by atoms with Gasteiger partial charge in [0.2, 0.25) is 0 Å². The Kier molecular flexibility index (Phi) is 15.8. The molecule has 1 unspecified atom stereocenters. The lowest BCUT2D eigenvalue weighted by Crippen LogP contribution is -2.21. The number of ether oxygens (including phenoxy) is 2.